The summed E-state index contributed by atoms with van der Waals surface area (Å²) < 4.78 is 5.19. The first-order valence-corrected chi connectivity index (χ1v) is 10.5. The second-order valence-electron chi connectivity index (χ2n) is 8.41. The summed E-state index contributed by atoms with van der Waals surface area (Å²) in [5, 5.41) is 6.13. The lowest BCUT2D eigenvalue weighted by molar-refractivity contribution is -0.125. The minimum absolute atomic E-state index is 0. The number of carbonyl (C=O) groups excluding carboxylic acids is 2. The number of rotatable bonds is 6. The standard InChI is InChI=1S/C23H29N3O3.ClH/c24-18-13-16-8-4-9-17(14-18)21(16)26-22(27)19(12-15-6-2-1-3-7-15)25-23(28)20-10-5-11-29-20;/h1-3,5-7,10-11,16-19,21H,4,8-9,12-14,24H2,(H,25,28)(H,26,27);1H. The van der Waals surface area contributed by atoms with Crippen LogP contribution in [0.25, 0.3) is 0 Å². The molecular weight excluding hydrogens is 402 g/mol. The number of hydrogen-bond acceptors (Lipinski definition) is 4. The van der Waals surface area contributed by atoms with Crippen molar-refractivity contribution in [2.75, 3.05) is 0 Å². The summed E-state index contributed by atoms with van der Waals surface area (Å²) in [6.07, 6.45) is 7.23. The Balaban J connectivity index is 0.00000256. The van der Waals surface area contributed by atoms with Crippen LogP contribution in [0.2, 0.25) is 0 Å². The fraction of sp³-hybridized carbons (Fsp3) is 0.478. The predicted molar refractivity (Wildman–Crippen MR) is 117 cm³/mol. The summed E-state index contributed by atoms with van der Waals surface area (Å²) in [6.45, 7) is 0. The number of furan rings is 1. The average molecular weight is 432 g/mol. The van der Waals surface area contributed by atoms with Crippen molar-refractivity contribution in [2.45, 2.75) is 56.7 Å². The molecule has 4 rings (SSSR count). The highest BCUT2D eigenvalue weighted by Gasteiger charge is 2.40. The second-order valence-corrected chi connectivity index (χ2v) is 8.41. The Labute approximate surface area is 183 Å². The van der Waals surface area contributed by atoms with Crippen molar-refractivity contribution >= 4 is 24.2 Å². The van der Waals surface area contributed by atoms with E-state index in [4.69, 9.17) is 10.2 Å². The van der Waals surface area contributed by atoms with Crippen LogP contribution in [0.4, 0.5) is 0 Å². The molecule has 3 atom stereocenters. The normalized spacial score (nSPS) is 26.2. The van der Waals surface area contributed by atoms with E-state index in [-0.39, 0.29) is 42.1 Å². The number of nitrogens with one attached hydrogen (secondary N) is 2. The lowest BCUT2D eigenvalue weighted by Crippen LogP contribution is -2.58. The smallest absolute Gasteiger partial charge is 0.287 e. The van der Waals surface area contributed by atoms with E-state index < -0.39 is 6.04 Å². The molecule has 4 N–H and O–H groups in total. The topological polar surface area (TPSA) is 97.4 Å². The summed E-state index contributed by atoms with van der Waals surface area (Å²) in [5.74, 6) is 0.554. The lowest BCUT2D eigenvalue weighted by atomic mass is 9.67. The van der Waals surface area contributed by atoms with Crippen molar-refractivity contribution < 1.29 is 14.0 Å². The van der Waals surface area contributed by atoms with Gasteiger partial charge in [-0.05, 0) is 55.2 Å². The molecule has 2 bridgehead atoms. The van der Waals surface area contributed by atoms with Crippen molar-refractivity contribution in [3.05, 3.63) is 60.1 Å². The van der Waals surface area contributed by atoms with Gasteiger partial charge in [0.2, 0.25) is 5.91 Å². The number of fused-ring (bicyclic) bond motifs is 2. The van der Waals surface area contributed by atoms with E-state index in [0.717, 1.165) is 31.2 Å². The molecule has 0 saturated heterocycles. The molecule has 2 aromatic rings. The molecule has 6 nitrogen and oxygen atoms in total. The van der Waals surface area contributed by atoms with E-state index in [1.165, 1.54) is 12.7 Å². The fourth-order valence-corrected chi connectivity index (χ4v) is 4.99. The van der Waals surface area contributed by atoms with Gasteiger partial charge in [-0.3, -0.25) is 9.59 Å². The van der Waals surface area contributed by atoms with Crippen LogP contribution in [-0.4, -0.2) is 29.9 Å². The molecule has 1 aromatic carbocycles. The number of amides is 2. The molecule has 2 aliphatic carbocycles. The minimum Gasteiger partial charge on any atom is -0.459 e. The van der Waals surface area contributed by atoms with E-state index in [0.29, 0.717) is 18.3 Å². The Kier molecular flexibility index (Phi) is 7.56. The monoisotopic (exact) mass is 431 g/mol. The number of hydrogen-bond donors (Lipinski definition) is 3. The Bertz CT molecular complexity index is 813. The van der Waals surface area contributed by atoms with Gasteiger partial charge in [0.1, 0.15) is 6.04 Å². The predicted octanol–water partition coefficient (Wildman–Crippen LogP) is 3.06. The van der Waals surface area contributed by atoms with Gasteiger partial charge < -0.3 is 20.8 Å². The first kappa shape index (κ1) is 22.4. The summed E-state index contributed by atoms with van der Waals surface area (Å²) in [6, 6.07) is 12.7. The fourth-order valence-electron chi connectivity index (χ4n) is 4.99. The minimum atomic E-state index is -0.661. The third-order valence-corrected chi connectivity index (χ3v) is 6.33. The molecule has 2 saturated carbocycles. The summed E-state index contributed by atoms with van der Waals surface area (Å²) in [7, 11) is 0. The van der Waals surface area contributed by atoms with Gasteiger partial charge in [0, 0.05) is 18.5 Å². The number of halogens is 1. The Hall–Kier alpha value is -2.31. The van der Waals surface area contributed by atoms with Crippen LogP contribution in [0, 0.1) is 11.8 Å². The molecule has 7 heteroatoms. The maximum Gasteiger partial charge on any atom is 0.287 e. The Morgan fingerprint density at radius 2 is 1.77 bits per heavy atom. The third kappa shape index (κ3) is 5.24. The van der Waals surface area contributed by atoms with E-state index in [2.05, 4.69) is 10.6 Å². The molecule has 0 spiro atoms. The zero-order valence-electron chi connectivity index (χ0n) is 17.0. The van der Waals surface area contributed by atoms with Gasteiger partial charge in [0.05, 0.1) is 6.26 Å². The Morgan fingerprint density at radius 1 is 1.07 bits per heavy atom. The van der Waals surface area contributed by atoms with Gasteiger partial charge in [-0.2, -0.15) is 0 Å². The van der Waals surface area contributed by atoms with E-state index in [9.17, 15) is 9.59 Å². The molecule has 2 aliphatic rings. The van der Waals surface area contributed by atoms with Gasteiger partial charge in [0.15, 0.2) is 5.76 Å². The molecular formula is C23H30ClN3O3. The summed E-state index contributed by atoms with van der Waals surface area (Å²) in [5.41, 5.74) is 7.22. The second kappa shape index (κ2) is 10.1. The van der Waals surface area contributed by atoms with E-state index in [1.54, 1.807) is 12.1 Å². The molecule has 30 heavy (non-hydrogen) atoms. The number of carbonyl (C=O) groups is 2. The van der Waals surface area contributed by atoms with Crippen LogP contribution in [0.1, 0.15) is 48.2 Å². The zero-order chi connectivity index (χ0) is 20.2. The summed E-state index contributed by atoms with van der Waals surface area (Å²) in [4.78, 5) is 25.8. The van der Waals surface area contributed by atoms with E-state index >= 15 is 0 Å². The lowest BCUT2D eigenvalue weighted by Gasteiger charge is -2.45. The third-order valence-electron chi connectivity index (χ3n) is 6.33. The average Bonchev–Trinajstić information content (AvgIpc) is 3.24. The maximum absolute atomic E-state index is 13.2. The van der Waals surface area contributed by atoms with Crippen molar-refractivity contribution in [3.63, 3.8) is 0 Å². The maximum atomic E-state index is 13.2. The van der Waals surface area contributed by atoms with Crippen LogP contribution < -0.4 is 16.4 Å². The van der Waals surface area contributed by atoms with E-state index in [1.807, 2.05) is 30.3 Å². The largest absolute Gasteiger partial charge is 0.459 e. The van der Waals surface area contributed by atoms with Crippen LogP contribution in [0.15, 0.2) is 53.1 Å². The highest BCUT2D eigenvalue weighted by Crippen LogP contribution is 2.39. The molecule has 0 aliphatic heterocycles. The van der Waals surface area contributed by atoms with Crippen LogP contribution in [-0.2, 0) is 11.2 Å². The molecule has 2 fully saturated rings. The molecule has 0 radical (unpaired) electrons. The van der Waals surface area contributed by atoms with Gasteiger partial charge in [-0.1, -0.05) is 36.8 Å². The van der Waals surface area contributed by atoms with Gasteiger partial charge in [-0.25, -0.2) is 0 Å². The quantitative estimate of drug-likeness (QED) is 0.654. The molecule has 3 unspecified atom stereocenters. The molecule has 1 aromatic heterocycles. The highest BCUT2D eigenvalue weighted by atomic mass is 35.5. The SMILES string of the molecule is Cl.NC1CC2CCCC(C1)C2NC(=O)C(Cc1ccccc1)NC(=O)c1ccco1. The van der Waals surface area contributed by atoms with Crippen LogP contribution >= 0.6 is 12.4 Å². The number of benzene rings is 1. The first-order chi connectivity index (χ1) is 14.1. The van der Waals surface area contributed by atoms with Gasteiger partial charge >= 0.3 is 0 Å². The van der Waals surface area contributed by atoms with Crippen molar-refractivity contribution in [1.29, 1.82) is 0 Å². The van der Waals surface area contributed by atoms with Crippen LogP contribution in [0.5, 0.6) is 0 Å². The van der Waals surface area contributed by atoms with Gasteiger partial charge in [0.25, 0.3) is 5.91 Å². The van der Waals surface area contributed by atoms with Gasteiger partial charge in [-0.15, -0.1) is 12.4 Å². The first-order valence-electron chi connectivity index (χ1n) is 10.5. The molecule has 1 heterocycles. The van der Waals surface area contributed by atoms with Crippen molar-refractivity contribution in [1.82, 2.24) is 10.6 Å². The Morgan fingerprint density at radius 3 is 2.40 bits per heavy atom. The zero-order valence-corrected chi connectivity index (χ0v) is 17.8. The summed E-state index contributed by atoms with van der Waals surface area (Å²) >= 11 is 0. The molecule has 2 amide bonds. The van der Waals surface area contributed by atoms with Crippen molar-refractivity contribution in [2.24, 2.45) is 17.6 Å². The molecule has 162 valence electrons. The van der Waals surface area contributed by atoms with Crippen molar-refractivity contribution in [3.8, 4) is 0 Å². The highest BCUT2D eigenvalue weighted by molar-refractivity contribution is 5.95. The van der Waals surface area contributed by atoms with Crippen LogP contribution in [0.3, 0.4) is 0 Å². The number of nitrogens with two attached hydrogens (primary N) is 1.